The molecule has 2 amide bonds. The zero-order chi connectivity index (χ0) is 26.4. The normalized spacial score (nSPS) is 11.8. The van der Waals surface area contributed by atoms with E-state index in [2.05, 4.69) is 20.8 Å². The lowest BCUT2D eigenvalue weighted by Crippen LogP contribution is -2.33. The number of phenolic OH excluding ortho intramolecular Hbond substituents is 1. The fourth-order valence-electron chi connectivity index (χ4n) is 3.55. The van der Waals surface area contributed by atoms with Crippen LogP contribution in [0.4, 0.5) is 11.4 Å². The van der Waals surface area contributed by atoms with E-state index in [0.29, 0.717) is 23.1 Å². The molecule has 0 saturated heterocycles. The van der Waals surface area contributed by atoms with Gasteiger partial charge >= 0.3 is 5.69 Å². The lowest BCUT2D eigenvalue weighted by Gasteiger charge is -2.22. The predicted octanol–water partition coefficient (Wildman–Crippen LogP) is 4.08. The molecule has 0 unspecified atom stereocenters. The van der Waals surface area contributed by atoms with E-state index in [-0.39, 0.29) is 23.3 Å². The highest BCUT2D eigenvalue weighted by Gasteiger charge is 2.26. The van der Waals surface area contributed by atoms with Crippen molar-refractivity contribution in [2.24, 2.45) is 5.92 Å². The van der Waals surface area contributed by atoms with Crippen molar-refractivity contribution in [2.45, 2.75) is 45.4 Å². The number of rotatable bonds is 10. The number of anilines is 1. The number of carbonyl (C=O) groups is 2. The molecule has 0 aliphatic heterocycles. The van der Waals surface area contributed by atoms with Gasteiger partial charge in [0.15, 0.2) is 16.7 Å². The summed E-state index contributed by atoms with van der Waals surface area (Å²) in [5, 5.41) is 35.3. The predicted molar refractivity (Wildman–Crippen MR) is 136 cm³/mol. The Labute approximate surface area is 212 Å². The van der Waals surface area contributed by atoms with E-state index in [4.69, 9.17) is 0 Å². The molecule has 0 spiro atoms. The summed E-state index contributed by atoms with van der Waals surface area (Å²) in [4.78, 5) is 35.6. The van der Waals surface area contributed by atoms with Crippen molar-refractivity contribution in [2.75, 3.05) is 11.1 Å². The first-order chi connectivity index (χ1) is 17.1. The van der Waals surface area contributed by atoms with Crippen molar-refractivity contribution >= 4 is 35.0 Å². The molecule has 0 radical (unpaired) electrons. The molecule has 2 aromatic carbocycles. The van der Waals surface area contributed by atoms with Gasteiger partial charge < -0.3 is 20.3 Å². The third kappa shape index (κ3) is 6.39. The molecule has 3 rings (SSSR count). The fraction of sp³-hybridized carbons (Fsp3) is 0.333. The third-order valence-corrected chi connectivity index (χ3v) is 6.33. The Bertz CT molecular complexity index is 1280. The minimum absolute atomic E-state index is 0.0190. The molecule has 3 N–H and O–H groups in total. The van der Waals surface area contributed by atoms with Crippen LogP contribution in [0.3, 0.4) is 0 Å². The van der Waals surface area contributed by atoms with Gasteiger partial charge in [0.1, 0.15) is 0 Å². The third-order valence-electron chi connectivity index (χ3n) is 5.36. The molecule has 0 aliphatic rings. The summed E-state index contributed by atoms with van der Waals surface area (Å²) in [5.41, 5.74) is 1.24. The maximum atomic E-state index is 12.9. The Morgan fingerprint density at radius 3 is 2.58 bits per heavy atom. The number of thioether (sulfide) groups is 1. The Kier molecular flexibility index (Phi) is 8.64. The number of aryl methyl sites for hydroxylation is 1. The molecule has 0 fully saturated rings. The van der Waals surface area contributed by atoms with Gasteiger partial charge in [0.25, 0.3) is 5.91 Å². The summed E-state index contributed by atoms with van der Waals surface area (Å²) in [5.74, 6) is -0.496. The number of aromatic hydroxyl groups is 1. The Hall–Kier alpha value is -3.93. The second-order valence-corrected chi connectivity index (χ2v) is 9.39. The van der Waals surface area contributed by atoms with Crippen molar-refractivity contribution in [3.05, 3.63) is 69.5 Å². The highest BCUT2D eigenvalue weighted by atomic mass is 32.2. The summed E-state index contributed by atoms with van der Waals surface area (Å²) in [6.07, 6.45) is 0. The molecular weight excluding hydrogens is 484 g/mol. The summed E-state index contributed by atoms with van der Waals surface area (Å²) in [6, 6.07) is 10.6. The fourth-order valence-corrected chi connectivity index (χ4v) is 4.36. The number of nitro groups is 1. The van der Waals surface area contributed by atoms with Gasteiger partial charge in [0, 0.05) is 23.9 Å². The molecule has 11 nitrogen and oxygen atoms in total. The summed E-state index contributed by atoms with van der Waals surface area (Å²) < 4.78 is 1.85. The topological polar surface area (TPSA) is 152 Å². The number of benzene rings is 2. The van der Waals surface area contributed by atoms with Gasteiger partial charge in [-0.2, -0.15) is 0 Å². The van der Waals surface area contributed by atoms with E-state index >= 15 is 0 Å². The van der Waals surface area contributed by atoms with E-state index in [0.717, 1.165) is 29.5 Å². The summed E-state index contributed by atoms with van der Waals surface area (Å²) in [6.45, 7) is 8.33. The summed E-state index contributed by atoms with van der Waals surface area (Å²) >= 11 is 1.16. The van der Waals surface area contributed by atoms with Crippen molar-refractivity contribution in [1.82, 2.24) is 20.1 Å². The second kappa shape index (κ2) is 11.7. The van der Waals surface area contributed by atoms with E-state index in [1.54, 1.807) is 6.07 Å². The number of nitrogens with zero attached hydrogens (tertiary/aromatic N) is 4. The maximum absolute atomic E-state index is 12.9. The second-order valence-electron chi connectivity index (χ2n) is 8.45. The lowest BCUT2D eigenvalue weighted by molar-refractivity contribution is -0.385. The van der Waals surface area contributed by atoms with Gasteiger partial charge in [-0.3, -0.25) is 19.7 Å². The average Bonchev–Trinajstić information content (AvgIpc) is 3.24. The zero-order valence-corrected chi connectivity index (χ0v) is 21.2. The van der Waals surface area contributed by atoms with Crippen molar-refractivity contribution < 1.29 is 19.6 Å². The lowest BCUT2D eigenvalue weighted by atomic mass is 10.0. The molecule has 1 aromatic heterocycles. The molecule has 3 aromatic rings. The largest absolute Gasteiger partial charge is 0.502 e. The van der Waals surface area contributed by atoms with E-state index < -0.39 is 28.3 Å². The van der Waals surface area contributed by atoms with Crippen molar-refractivity contribution in [3.63, 3.8) is 0 Å². The number of hydrogen-bond donors (Lipinski definition) is 3. The number of nitrogens with one attached hydrogen (secondary N) is 2. The van der Waals surface area contributed by atoms with Gasteiger partial charge in [0.05, 0.1) is 16.7 Å². The van der Waals surface area contributed by atoms with Crippen molar-refractivity contribution in [3.8, 4) is 5.75 Å². The van der Waals surface area contributed by atoms with Crippen molar-refractivity contribution in [1.29, 1.82) is 0 Å². The Balaban J connectivity index is 1.71. The van der Waals surface area contributed by atoms with Crippen LogP contribution in [0, 0.1) is 23.0 Å². The first-order valence-electron chi connectivity index (χ1n) is 11.3. The smallest absolute Gasteiger partial charge is 0.312 e. The number of aromatic nitrogens is 3. The Morgan fingerprint density at radius 2 is 1.94 bits per heavy atom. The van der Waals surface area contributed by atoms with Crippen LogP contribution in [0.1, 0.15) is 48.6 Å². The van der Waals surface area contributed by atoms with Gasteiger partial charge in [-0.15, -0.1) is 10.2 Å². The van der Waals surface area contributed by atoms with Crippen LogP contribution >= 0.6 is 11.8 Å². The number of carbonyl (C=O) groups excluding carboxylic acids is 2. The highest BCUT2D eigenvalue weighted by molar-refractivity contribution is 7.99. The average molecular weight is 513 g/mol. The summed E-state index contributed by atoms with van der Waals surface area (Å²) in [7, 11) is 0. The van der Waals surface area contributed by atoms with Gasteiger partial charge in [0.2, 0.25) is 5.91 Å². The minimum atomic E-state index is -0.728. The van der Waals surface area contributed by atoms with Crippen LogP contribution in [0.5, 0.6) is 5.75 Å². The van der Waals surface area contributed by atoms with Crippen LogP contribution < -0.4 is 10.6 Å². The first-order valence-corrected chi connectivity index (χ1v) is 12.3. The first kappa shape index (κ1) is 26.7. The van der Waals surface area contributed by atoms with Gasteiger partial charge in [-0.1, -0.05) is 43.3 Å². The monoisotopic (exact) mass is 512 g/mol. The number of amides is 2. The van der Waals surface area contributed by atoms with Crippen LogP contribution in [-0.2, 0) is 11.3 Å². The number of hydrogen-bond acceptors (Lipinski definition) is 8. The van der Waals surface area contributed by atoms with E-state index in [1.165, 1.54) is 6.07 Å². The highest BCUT2D eigenvalue weighted by Crippen LogP contribution is 2.29. The zero-order valence-electron chi connectivity index (χ0n) is 20.4. The van der Waals surface area contributed by atoms with Crippen LogP contribution in [0.2, 0.25) is 0 Å². The number of nitro benzene ring substituents is 1. The molecule has 0 saturated carbocycles. The minimum Gasteiger partial charge on any atom is -0.502 e. The van der Waals surface area contributed by atoms with E-state index in [1.807, 2.05) is 50.5 Å². The van der Waals surface area contributed by atoms with E-state index in [9.17, 15) is 24.8 Å². The molecular formula is C24H28N6O5S. The Morgan fingerprint density at radius 1 is 1.19 bits per heavy atom. The SMILES string of the molecule is CCn1c(SCC(=O)Nc2ccc(O)c([N+](=O)[O-])c2)nnc1[C@@H](NC(=O)c1cccc(C)c1)C(C)C. The standard InChI is InChI=1S/C24H28N6O5S/c1-5-29-22(21(14(2)3)26-23(33)16-8-6-7-15(4)11-16)27-28-24(29)36-13-20(32)25-17-9-10-19(31)18(12-17)30(34)35/h6-12,14,21,31H,5,13H2,1-4H3,(H,25,32)(H,26,33)/t21-/m0/s1. The van der Waals surface area contributed by atoms with Crippen LogP contribution in [0.15, 0.2) is 47.6 Å². The quantitative estimate of drug-likeness (QED) is 0.159. The molecule has 190 valence electrons. The number of phenols is 1. The van der Waals surface area contributed by atoms with Gasteiger partial charge in [-0.25, -0.2) is 0 Å². The molecule has 1 heterocycles. The molecule has 12 heteroatoms. The maximum Gasteiger partial charge on any atom is 0.312 e. The van der Waals surface area contributed by atoms with Crippen LogP contribution in [0.25, 0.3) is 0 Å². The van der Waals surface area contributed by atoms with Crippen LogP contribution in [-0.4, -0.2) is 42.4 Å². The molecule has 0 aliphatic carbocycles. The van der Waals surface area contributed by atoms with Gasteiger partial charge in [-0.05, 0) is 44.0 Å². The molecule has 0 bridgehead atoms. The molecule has 1 atom stereocenters. The molecule has 36 heavy (non-hydrogen) atoms.